The van der Waals surface area contributed by atoms with Crippen LogP contribution in [0.5, 0.6) is 0 Å². The second-order valence-electron chi connectivity index (χ2n) is 6.55. The quantitative estimate of drug-likeness (QED) is 0.508. The molecular weight excluding hydrogens is 415 g/mol. The van der Waals surface area contributed by atoms with Gasteiger partial charge in [-0.2, -0.15) is 23.4 Å². The van der Waals surface area contributed by atoms with Gasteiger partial charge in [0.05, 0.1) is 23.6 Å². The molecule has 0 spiro atoms. The maximum absolute atomic E-state index is 13.3. The number of carbonyl (C=O) groups is 2. The molecule has 0 aliphatic heterocycles. The van der Waals surface area contributed by atoms with E-state index >= 15 is 0 Å². The van der Waals surface area contributed by atoms with Crippen molar-refractivity contribution in [3.8, 4) is 5.69 Å². The largest absolute Gasteiger partial charge is 0.478 e. The lowest BCUT2D eigenvalue weighted by Crippen LogP contribution is -2.22. The van der Waals surface area contributed by atoms with Gasteiger partial charge in [-0.25, -0.2) is 14.0 Å². The minimum absolute atomic E-state index is 0.0287. The number of halogens is 3. The SMILES string of the molecule is O=C(NCc1cnn2ccccc12)c1ccc(-n2ncc(C(=O)O)c2C(F)(F)F)cc1. The number of alkyl halides is 3. The standard InChI is InChI=1S/C20H14F3N5O3/c21-20(22,23)17-15(19(30)31)11-26-28(17)14-6-4-12(5-7-14)18(29)24-9-13-10-25-27-8-2-1-3-16(13)27/h1-8,10-11H,9H2,(H,24,29)(H,30,31). The lowest BCUT2D eigenvalue weighted by molar-refractivity contribution is -0.143. The van der Waals surface area contributed by atoms with Crippen molar-refractivity contribution in [1.82, 2.24) is 24.7 Å². The van der Waals surface area contributed by atoms with Crippen molar-refractivity contribution in [3.63, 3.8) is 0 Å². The number of pyridine rings is 1. The summed E-state index contributed by atoms with van der Waals surface area (Å²) in [4.78, 5) is 23.5. The van der Waals surface area contributed by atoms with Gasteiger partial charge in [-0.3, -0.25) is 4.79 Å². The van der Waals surface area contributed by atoms with Crippen LogP contribution in [0.3, 0.4) is 0 Å². The molecule has 0 unspecified atom stereocenters. The van der Waals surface area contributed by atoms with E-state index in [4.69, 9.17) is 5.11 Å². The van der Waals surface area contributed by atoms with Crippen LogP contribution in [0.4, 0.5) is 13.2 Å². The summed E-state index contributed by atoms with van der Waals surface area (Å²) in [5.41, 5.74) is -0.518. The summed E-state index contributed by atoms with van der Waals surface area (Å²) >= 11 is 0. The van der Waals surface area contributed by atoms with Crippen molar-refractivity contribution in [3.05, 3.63) is 83.4 Å². The van der Waals surface area contributed by atoms with Gasteiger partial charge in [0.2, 0.25) is 0 Å². The summed E-state index contributed by atoms with van der Waals surface area (Å²) in [5.74, 6) is -2.16. The minimum Gasteiger partial charge on any atom is -0.478 e. The number of nitrogens with one attached hydrogen (secondary N) is 1. The van der Waals surface area contributed by atoms with E-state index in [-0.39, 0.29) is 17.8 Å². The molecule has 0 bridgehead atoms. The second kappa shape index (κ2) is 7.59. The summed E-state index contributed by atoms with van der Waals surface area (Å²) in [6, 6.07) is 10.7. The number of carboxylic acid groups (broad SMARTS) is 1. The fraction of sp³-hybridized carbons (Fsp3) is 0.100. The third-order valence-corrected chi connectivity index (χ3v) is 4.59. The van der Waals surface area contributed by atoms with Gasteiger partial charge in [-0.15, -0.1) is 0 Å². The van der Waals surface area contributed by atoms with Gasteiger partial charge in [-0.1, -0.05) is 6.07 Å². The van der Waals surface area contributed by atoms with Crippen LogP contribution >= 0.6 is 0 Å². The number of benzene rings is 1. The number of rotatable bonds is 5. The average molecular weight is 429 g/mol. The molecule has 0 fully saturated rings. The molecule has 8 nitrogen and oxygen atoms in total. The first-order valence-electron chi connectivity index (χ1n) is 8.94. The number of carbonyl (C=O) groups excluding carboxylic acids is 1. The van der Waals surface area contributed by atoms with Gasteiger partial charge in [0.15, 0.2) is 5.69 Å². The second-order valence-corrected chi connectivity index (χ2v) is 6.55. The van der Waals surface area contributed by atoms with Crippen LogP contribution in [0.25, 0.3) is 11.2 Å². The Hall–Kier alpha value is -4.15. The van der Waals surface area contributed by atoms with E-state index in [9.17, 15) is 22.8 Å². The lowest BCUT2D eigenvalue weighted by atomic mass is 10.1. The first kappa shape index (κ1) is 20.1. The monoisotopic (exact) mass is 429 g/mol. The molecule has 158 valence electrons. The van der Waals surface area contributed by atoms with E-state index in [0.717, 1.165) is 11.1 Å². The van der Waals surface area contributed by atoms with E-state index in [2.05, 4.69) is 15.5 Å². The third-order valence-electron chi connectivity index (χ3n) is 4.59. The first-order chi connectivity index (χ1) is 14.8. The number of amides is 1. The van der Waals surface area contributed by atoms with Gasteiger partial charge in [0, 0.05) is 23.9 Å². The Balaban J connectivity index is 1.53. The molecule has 3 heterocycles. The van der Waals surface area contributed by atoms with Gasteiger partial charge in [-0.05, 0) is 36.4 Å². The molecule has 1 aromatic carbocycles. The lowest BCUT2D eigenvalue weighted by Gasteiger charge is -2.12. The molecule has 0 saturated carbocycles. The topological polar surface area (TPSA) is 102 Å². The molecule has 4 rings (SSSR count). The fourth-order valence-electron chi connectivity index (χ4n) is 3.13. The Kier molecular flexibility index (Phi) is 4.93. The van der Waals surface area contributed by atoms with E-state index in [1.165, 1.54) is 24.3 Å². The predicted octanol–water partition coefficient (Wildman–Crippen LogP) is 3.17. The molecule has 0 aliphatic carbocycles. The summed E-state index contributed by atoms with van der Waals surface area (Å²) < 4.78 is 42.2. The normalized spacial score (nSPS) is 11.6. The van der Waals surface area contributed by atoms with Crippen molar-refractivity contribution in [2.45, 2.75) is 12.7 Å². The van der Waals surface area contributed by atoms with Crippen molar-refractivity contribution in [1.29, 1.82) is 0 Å². The Morgan fingerprint density at radius 2 is 1.77 bits per heavy atom. The molecule has 0 radical (unpaired) electrons. The fourth-order valence-corrected chi connectivity index (χ4v) is 3.13. The summed E-state index contributed by atoms with van der Waals surface area (Å²) in [7, 11) is 0. The summed E-state index contributed by atoms with van der Waals surface area (Å²) in [6.45, 7) is 0.216. The van der Waals surface area contributed by atoms with Crippen molar-refractivity contribution >= 4 is 17.4 Å². The molecule has 4 aromatic rings. The Morgan fingerprint density at radius 1 is 1.03 bits per heavy atom. The number of hydrogen-bond donors (Lipinski definition) is 2. The molecule has 2 N–H and O–H groups in total. The number of aromatic nitrogens is 4. The zero-order valence-electron chi connectivity index (χ0n) is 15.7. The number of nitrogens with zero attached hydrogens (tertiary/aromatic N) is 4. The molecule has 3 aromatic heterocycles. The molecule has 31 heavy (non-hydrogen) atoms. The van der Waals surface area contributed by atoms with Gasteiger partial charge in [0.25, 0.3) is 5.91 Å². The van der Waals surface area contributed by atoms with Crippen LogP contribution in [0.1, 0.15) is 32.0 Å². The number of fused-ring (bicyclic) bond motifs is 1. The highest BCUT2D eigenvalue weighted by Crippen LogP contribution is 2.33. The Morgan fingerprint density at radius 3 is 2.45 bits per heavy atom. The van der Waals surface area contributed by atoms with Gasteiger partial charge in [0.1, 0.15) is 5.56 Å². The zero-order valence-corrected chi connectivity index (χ0v) is 15.7. The molecular formula is C20H14F3N5O3. The average Bonchev–Trinajstić information content (AvgIpc) is 3.37. The molecule has 11 heteroatoms. The number of aromatic carboxylic acids is 1. The first-order valence-corrected chi connectivity index (χ1v) is 8.94. The summed E-state index contributed by atoms with van der Waals surface area (Å²) in [5, 5.41) is 19.5. The van der Waals surface area contributed by atoms with Crippen molar-refractivity contribution < 1.29 is 27.9 Å². The minimum atomic E-state index is -4.92. The van der Waals surface area contributed by atoms with Crippen molar-refractivity contribution in [2.75, 3.05) is 0 Å². The van der Waals surface area contributed by atoms with Crippen LogP contribution in [-0.4, -0.2) is 36.4 Å². The molecule has 0 saturated heterocycles. The number of hydrogen-bond acceptors (Lipinski definition) is 4. The smallest absolute Gasteiger partial charge is 0.434 e. The van der Waals surface area contributed by atoms with Crippen molar-refractivity contribution in [2.24, 2.45) is 0 Å². The highest BCUT2D eigenvalue weighted by Gasteiger charge is 2.40. The molecule has 1 amide bonds. The maximum Gasteiger partial charge on any atom is 0.434 e. The van der Waals surface area contributed by atoms with Gasteiger partial charge >= 0.3 is 12.1 Å². The highest BCUT2D eigenvalue weighted by atomic mass is 19.4. The van der Waals surface area contributed by atoms with Crippen LogP contribution in [0.2, 0.25) is 0 Å². The Labute approximate surface area is 172 Å². The van der Waals surface area contributed by atoms with E-state index in [0.29, 0.717) is 10.9 Å². The number of carboxylic acids is 1. The molecule has 0 atom stereocenters. The molecule has 0 aliphatic rings. The van der Waals surface area contributed by atoms with Crippen LogP contribution in [-0.2, 0) is 12.7 Å². The van der Waals surface area contributed by atoms with E-state index in [1.54, 1.807) is 16.9 Å². The zero-order chi connectivity index (χ0) is 22.2. The highest BCUT2D eigenvalue weighted by molar-refractivity contribution is 5.94. The Bertz CT molecular complexity index is 1280. The van der Waals surface area contributed by atoms with Crippen LogP contribution in [0, 0.1) is 0 Å². The summed E-state index contributed by atoms with van der Waals surface area (Å²) in [6.07, 6.45) is -0.870. The van der Waals surface area contributed by atoms with Crippen LogP contribution < -0.4 is 5.32 Å². The van der Waals surface area contributed by atoms with Gasteiger partial charge < -0.3 is 10.4 Å². The van der Waals surface area contributed by atoms with Crippen LogP contribution in [0.15, 0.2) is 61.1 Å². The van der Waals surface area contributed by atoms with E-state index in [1.807, 2.05) is 18.2 Å². The predicted molar refractivity (Wildman–Crippen MR) is 102 cm³/mol. The third kappa shape index (κ3) is 3.84. The van der Waals surface area contributed by atoms with E-state index < -0.39 is 29.3 Å². The maximum atomic E-state index is 13.3.